The standard InChI is InChI=1S/C42H46N4O7/c1-5-52-37(48)28-35(30-15-9-6-10-16-30)46-38(31-17-11-7-12-18-31)40(50)45(32-19-13-8-14-20-32)34-23-21-29(27-33(34)39(46)49)22-24-36(47)43-25-26-44-41(51)53-42(2,3)4/h6-21,23,27,35,38H,5,22,24-26,28H2,1-4H3,(H,43,47)(H,44,51). The van der Waals surface area contributed by atoms with Gasteiger partial charge in [-0.05, 0) is 75.1 Å². The lowest BCUT2D eigenvalue weighted by molar-refractivity contribution is -0.145. The Morgan fingerprint density at radius 1 is 0.811 bits per heavy atom. The van der Waals surface area contributed by atoms with Crippen LogP contribution in [0.2, 0.25) is 0 Å². The second kappa shape index (κ2) is 17.5. The third kappa shape index (κ3) is 9.88. The van der Waals surface area contributed by atoms with Crippen molar-refractivity contribution >= 4 is 41.2 Å². The van der Waals surface area contributed by atoms with Crippen LogP contribution in [0.1, 0.15) is 79.7 Å². The number of nitrogens with one attached hydrogen (secondary N) is 2. The van der Waals surface area contributed by atoms with Crippen molar-refractivity contribution in [3.8, 4) is 0 Å². The van der Waals surface area contributed by atoms with E-state index in [4.69, 9.17) is 9.47 Å². The number of rotatable bonds is 13. The molecule has 4 aromatic carbocycles. The van der Waals surface area contributed by atoms with E-state index in [9.17, 15) is 14.4 Å². The quantitative estimate of drug-likeness (QED) is 0.115. The molecule has 0 fully saturated rings. The molecule has 0 spiro atoms. The molecule has 4 amide bonds. The van der Waals surface area contributed by atoms with E-state index in [0.717, 1.165) is 0 Å². The SMILES string of the molecule is CCOC(=O)CC(c1ccccc1)N1C(=O)c2cc(CCC(=O)NCCNC(=O)OC(C)(C)C)ccc2N(c2ccccc2)C(=O)C1c1ccccc1. The summed E-state index contributed by atoms with van der Waals surface area (Å²) in [5.41, 5.74) is 2.55. The number of anilines is 2. The first-order chi connectivity index (χ1) is 25.5. The molecule has 53 heavy (non-hydrogen) atoms. The van der Waals surface area contributed by atoms with Crippen LogP contribution in [0.25, 0.3) is 0 Å². The average molecular weight is 719 g/mol. The van der Waals surface area contributed by atoms with Crippen molar-refractivity contribution in [1.82, 2.24) is 15.5 Å². The van der Waals surface area contributed by atoms with E-state index in [-0.39, 0.29) is 49.9 Å². The summed E-state index contributed by atoms with van der Waals surface area (Å²) in [5, 5.41) is 5.41. The van der Waals surface area contributed by atoms with E-state index < -0.39 is 35.7 Å². The molecule has 276 valence electrons. The van der Waals surface area contributed by atoms with Crippen molar-refractivity contribution in [2.24, 2.45) is 0 Å². The molecule has 2 N–H and O–H groups in total. The van der Waals surface area contributed by atoms with Crippen molar-refractivity contribution in [1.29, 1.82) is 0 Å². The molecule has 0 saturated carbocycles. The summed E-state index contributed by atoms with van der Waals surface area (Å²) in [6.07, 6.45) is -0.321. The molecule has 5 rings (SSSR count). The zero-order valence-corrected chi connectivity index (χ0v) is 30.5. The van der Waals surface area contributed by atoms with Gasteiger partial charge in [0, 0.05) is 25.2 Å². The van der Waals surface area contributed by atoms with Crippen molar-refractivity contribution in [3.63, 3.8) is 0 Å². The Balaban J connectivity index is 1.51. The van der Waals surface area contributed by atoms with Crippen LogP contribution >= 0.6 is 0 Å². The lowest BCUT2D eigenvalue weighted by atomic mass is 9.95. The van der Waals surface area contributed by atoms with Crippen LogP contribution < -0.4 is 15.5 Å². The van der Waals surface area contributed by atoms with Crippen LogP contribution in [0, 0.1) is 0 Å². The molecule has 0 saturated heterocycles. The Morgan fingerprint density at radius 3 is 2.08 bits per heavy atom. The van der Waals surface area contributed by atoms with Gasteiger partial charge in [-0.3, -0.25) is 24.1 Å². The van der Waals surface area contributed by atoms with Gasteiger partial charge in [0.1, 0.15) is 11.6 Å². The number of hydrogen-bond donors (Lipinski definition) is 2. The van der Waals surface area contributed by atoms with Crippen molar-refractivity contribution < 1.29 is 33.4 Å². The molecule has 2 atom stereocenters. The number of benzene rings is 4. The predicted molar refractivity (Wildman–Crippen MR) is 201 cm³/mol. The Morgan fingerprint density at radius 2 is 1.43 bits per heavy atom. The van der Waals surface area contributed by atoms with E-state index in [1.807, 2.05) is 97.1 Å². The van der Waals surface area contributed by atoms with E-state index in [0.29, 0.717) is 34.5 Å². The average Bonchev–Trinajstić information content (AvgIpc) is 3.23. The molecule has 11 heteroatoms. The van der Waals surface area contributed by atoms with E-state index in [1.165, 1.54) is 4.90 Å². The smallest absolute Gasteiger partial charge is 0.407 e. The number of nitrogens with zero attached hydrogens (tertiary/aromatic N) is 2. The Labute approximate surface area is 310 Å². The molecule has 0 bridgehead atoms. The van der Waals surface area contributed by atoms with Crippen LogP contribution in [0.5, 0.6) is 0 Å². The van der Waals surface area contributed by atoms with Crippen molar-refractivity contribution in [3.05, 3.63) is 131 Å². The van der Waals surface area contributed by atoms with Crippen molar-refractivity contribution in [2.75, 3.05) is 24.6 Å². The molecular weight excluding hydrogens is 672 g/mol. The molecule has 0 radical (unpaired) electrons. The Hall–Kier alpha value is -5.97. The number of carbonyl (C=O) groups is 5. The minimum absolute atomic E-state index is 0.118. The van der Waals surface area contributed by atoms with Gasteiger partial charge in [-0.15, -0.1) is 0 Å². The second-order valence-corrected chi connectivity index (χ2v) is 13.6. The van der Waals surface area contributed by atoms with Gasteiger partial charge in [0.05, 0.1) is 30.3 Å². The molecule has 1 aliphatic rings. The number of ether oxygens (including phenoxy) is 2. The molecular formula is C42H46N4O7. The van der Waals surface area contributed by atoms with Crippen LogP contribution in [0.15, 0.2) is 109 Å². The fourth-order valence-corrected chi connectivity index (χ4v) is 6.28. The van der Waals surface area contributed by atoms with Crippen LogP contribution in [-0.4, -0.2) is 60.0 Å². The lowest BCUT2D eigenvalue weighted by Crippen LogP contribution is -2.43. The first kappa shape index (κ1) is 38.3. The summed E-state index contributed by atoms with van der Waals surface area (Å²) in [4.78, 5) is 71.2. The van der Waals surface area contributed by atoms with E-state index in [1.54, 1.807) is 44.7 Å². The normalized spacial score (nSPS) is 14.8. The fourth-order valence-electron chi connectivity index (χ4n) is 6.28. The molecule has 11 nitrogen and oxygen atoms in total. The van der Waals surface area contributed by atoms with Gasteiger partial charge in [0.25, 0.3) is 11.8 Å². The van der Waals surface area contributed by atoms with Crippen LogP contribution in [-0.2, 0) is 30.3 Å². The number of fused-ring (bicyclic) bond motifs is 1. The van der Waals surface area contributed by atoms with E-state index >= 15 is 9.59 Å². The summed E-state index contributed by atoms with van der Waals surface area (Å²) < 4.78 is 10.6. The fraction of sp³-hybridized carbons (Fsp3) is 0.310. The minimum Gasteiger partial charge on any atom is -0.466 e. The highest BCUT2D eigenvalue weighted by atomic mass is 16.6. The molecule has 4 aromatic rings. The highest BCUT2D eigenvalue weighted by Crippen LogP contribution is 2.43. The number of hydrogen-bond acceptors (Lipinski definition) is 7. The third-order valence-corrected chi connectivity index (χ3v) is 8.57. The predicted octanol–water partition coefficient (Wildman–Crippen LogP) is 6.82. The number of aryl methyl sites for hydroxylation is 1. The number of alkyl carbamates (subject to hydrolysis) is 1. The van der Waals surface area contributed by atoms with E-state index in [2.05, 4.69) is 10.6 Å². The maximum atomic E-state index is 15.2. The number of para-hydroxylation sites is 1. The lowest BCUT2D eigenvalue weighted by Gasteiger charge is -2.37. The van der Waals surface area contributed by atoms with Gasteiger partial charge >= 0.3 is 12.1 Å². The Kier molecular flexibility index (Phi) is 12.6. The largest absolute Gasteiger partial charge is 0.466 e. The maximum Gasteiger partial charge on any atom is 0.407 e. The molecule has 1 heterocycles. The van der Waals surface area contributed by atoms with Gasteiger partial charge in [-0.1, -0.05) is 84.9 Å². The van der Waals surface area contributed by atoms with Crippen LogP contribution in [0.4, 0.5) is 16.2 Å². The molecule has 2 unspecified atom stereocenters. The summed E-state index contributed by atoms with van der Waals surface area (Å²) in [6, 6.07) is 30.7. The van der Waals surface area contributed by atoms with Gasteiger partial charge in [0.15, 0.2) is 0 Å². The third-order valence-electron chi connectivity index (χ3n) is 8.57. The summed E-state index contributed by atoms with van der Waals surface area (Å²) >= 11 is 0. The molecule has 1 aliphatic heterocycles. The number of carbonyl (C=O) groups excluding carboxylic acids is 5. The summed E-state index contributed by atoms with van der Waals surface area (Å²) in [5.74, 6) is -1.55. The first-order valence-electron chi connectivity index (χ1n) is 17.8. The number of amides is 4. The minimum atomic E-state index is -1.11. The maximum absolute atomic E-state index is 15.2. The highest BCUT2D eigenvalue weighted by Gasteiger charge is 2.45. The van der Waals surface area contributed by atoms with Crippen molar-refractivity contribution in [2.45, 2.75) is 64.6 Å². The summed E-state index contributed by atoms with van der Waals surface area (Å²) in [7, 11) is 0. The first-order valence-corrected chi connectivity index (χ1v) is 17.8. The summed E-state index contributed by atoms with van der Waals surface area (Å²) in [6.45, 7) is 7.61. The molecule has 0 aromatic heterocycles. The number of esters is 1. The zero-order chi connectivity index (χ0) is 38.0. The van der Waals surface area contributed by atoms with Crippen LogP contribution in [0.3, 0.4) is 0 Å². The molecule has 0 aliphatic carbocycles. The van der Waals surface area contributed by atoms with Gasteiger partial charge in [-0.25, -0.2) is 4.79 Å². The highest BCUT2D eigenvalue weighted by molar-refractivity contribution is 6.14. The van der Waals surface area contributed by atoms with Gasteiger partial charge in [-0.2, -0.15) is 0 Å². The zero-order valence-electron chi connectivity index (χ0n) is 30.5. The second-order valence-electron chi connectivity index (χ2n) is 13.6. The monoisotopic (exact) mass is 718 g/mol. The van der Waals surface area contributed by atoms with Gasteiger partial charge < -0.3 is 25.0 Å². The Bertz CT molecular complexity index is 1900. The van der Waals surface area contributed by atoms with Gasteiger partial charge in [0.2, 0.25) is 5.91 Å². The topological polar surface area (TPSA) is 134 Å².